The van der Waals surface area contributed by atoms with Crippen molar-refractivity contribution in [2.45, 2.75) is 13.5 Å². The molecule has 0 aliphatic carbocycles. The average molecular weight is 317 g/mol. The van der Waals surface area contributed by atoms with Crippen molar-refractivity contribution in [1.29, 1.82) is 0 Å². The minimum Gasteiger partial charge on any atom is -0.489 e. The molecule has 1 N–H and O–H groups in total. The molecule has 3 aromatic rings. The molecule has 120 valence electrons. The number of rotatable bonds is 5. The van der Waals surface area contributed by atoms with E-state index in [0.717, 1.165) is 22.6 Å². The van der Waals surface area contributed by atoms with Crippen LogP contribution in [0.25, 0.3) is 0 Å². The number of carbonyl (C=O) groups is 1. The van der Waals surface area contributed by atoms with Gasteiger partial charge in [-0.25, -0.2) is 0 Å². The molecule has 3 rings (SSSR count). The first-order valence-electron chi connectivity index (χ1n) is 7.85. The van der Waals surface area contributed by atoms with Gasteiger partial charge in [0.2, 0.25) is 0 Å². The quantitative estimate of drug-likeness (QED) is 0.732. The van der Waals surface area contributed by atoms with Gasteiger partial charge in [0.25, 0.3) is 5.91 Å². The summed E-state index contributed by atoms with van der Waals surface area (Å²) in [5.41, 5.74) is 3.64. The normalized spacial score (nSPS) is 10.2. The van der Waals surface area contributed by atoms with E-state index in [9.17, 15) is 4.79 Å². The summed E-state index contributed by atoms with van der Waals surface area (Å²) in [6.07, 6.45) is 0. The summed E-state index contributed by atoms with van der Waals surface area (Å²) in [6.45, 7) is 2.52. The molecule has 1 amide bonds. The van der Waals surface area contributed by atoms with Crippen molar-refractivity contribution < 1.29 is 9.53 Å². The zero-order valence-corrected chi connectivity index (χ0v) is 13.5. The summed E-state index contributed by atoms with van der Waals surface area (Å²) in [5.74, 6) is 0.653. The summed E-state index contributed by atoms with van der Waals surface area (Å²) in [4.78, 5) is 12.2. The Labute approximate surface area is 141 Å². The average Bonchev–Trinajstić information content (AvgIpc) is 2.62. The second-order valence-corrected chi connectivity index (χ2v) is 5.62. The van der Waals surface area contributed by atoms with E-state index in [-0.39, 0.29) is 5.91 Å². The lowest BCUT2D eigenvalue weighted by atomic mass is 10.1. The highest BCUT2D eigenvalue weighted by atomic mass is 16.5. The minimum absolute atomic E-state index is 0.118. The van der Waals surface area contributed by atoms with Gasteiger partial charge in [0.05, 0.1) is 0 Å². The van der Waals surface area contributed by atoms with Gasteiger partial charge in [-0.3, -0.25) is 4.79 Å². The molecule has 24 heavy (non-hydrogen) atoms. The number of carbonyl (C=O) groups excluding carboxylic acids is 1. The smallest absolute Gasteiger partial charge is 0.255 e. The minimum atomic E-state index is -0.118. The van der Waals surface area contributed by atoms with Crippen LogP contribution in [0, 0.1) is 6.92 Å². The molecule has 0 aromatic heterocycles. The highest BCUT2D eigenvalue weighted by Crippen LogP contribution is 2.18. The number of amides is 1. The summed E-state index contributed by atoms with van der Waals surface area (Å²) in [7, 11) is 0. The third kappa shape index (κ3) is 4.23. The van der Waals surface area contributed by atoms with E-state index in [4.69, 9.17) is 4.74 Å². The van der Waals surface area contributed by atoms with E-state index in [1.165, 1.54) is 0 Å². The van der Waals surface area contributed by atoms with E-state index in [2.05, 4.69) is 5.32 Å². The molecular weight excluding hydrogens is 298 g/mol. The van der Waals surface area contributed by atoms with Crippen LogP contribution in [0.3, 0.4) is 0 Å². The van der Waals surface area contributed by atoms with E-state index in [0.29, 0.717) is 12.2 Å². The van der Waals surface area contributed by atoms with Crippen molar-refractivity contribution in [1.82, 2.24) is 0 Å². The van der Waals surface area contributed by atoms with Gasteiger partial charge < -0.3 is 10.1 Å². The van der Waals surface area contributed by atoms with Crippen molar-refractivity contribution in [2.24, 2.45) is 0 Å². The molecule has 0 bridgehead atoms. The topological polar surface area (TPSA) is 38.3 Å². The van der Waals surface area contributed by atoms with Crippen LogP contribution in [0.5, 0.6) is 5.75 Å². The van der Waals surface area contributed by atoms with Crippen molar-refractivity contribution >= 4 is 11.6 Å². The van der Waals surface area contributed by atoms with Crippen LogP contribution in [0.2, 0.25) is 0 Å². The third-order valence-corrected chi connectivity index (χ3v) is 3.67. The number of hydrogen-bond acceptors (Lipinski definition) is 2. The van der Waals surface area contributed by atoms with Gasteiger partial charge in [0, 0.05) is 11.3 Å². The maximum absolute atomic E-state index is 12.2. The van der Waals surface area contributed by atoms with Crippen molar-refractivity contribution in [3.63, 3.8) is 0 Å². The Morgan fingerprint density at radius 3 is 2.21 bits per heavy atom. The van der Waals surface area contributed by atoms with Crippen molar-refractivity contribution in [3.8, 4) is 5.75 Å². The Morgan fingerprint density at radius 1 is 0.875 bits per heavy atom. The zero-order valence-electron chi connectivity index (χ0n) is 13.5. The van der Waals surface area contributed by atoms with Crippen molar-refractivity contribution in [2.75, 3.05) is 5.32 Å². The van der Waals surface area contributed by atoms with Gasteiger partial charge in [0.1, 0.15) is 12.4 Å². The predicted molar refractivity (Wildman–Crippen MR) is 96.3 cm³/mol. The first-order chi connectivity index (χ1) is 11.7. The highest BCUT2D eigenvalue weighted by Gasteiger charge is 2.05. The van der Waals surface area contributed by atoms with Gasteiger partial charge in [0.15, 0.2) is 0 Å². The number of ether oxygens (including phenoxy) is 1. The number of nitrogens with one attached hydrogen (secondary N) is 1. The van der Waals surface area contributed by atoms with E-state index >= 15 is 0 Å². The molecule has 0 atom stereocenters. The lowest BCUT2D eigenvalue weighted by Crippen LogP contribution is -2.11. The second-order valence-electron chi connectivity index (χ2n) is 5.62. The molecule has 3 aromatic carbocycles. The lowest BCUT2D eigenvalue weighted by molar-refractivity contribution is 0.102. The molecule has 0 unspecified atom stereocenters. The third-order valence-electron chi connectivity index (χ3n) is 3.67. The van der Waals surface area contributed by atoms with Gasteiger partial charge in [-0.2, -0.15) is 0 Å². The first kappa shape index (κ1) is 15.8. The van der Waals surface area contributed by atoms with Crippen LogP contribution in [-0.4, -0.2) is 5.91 Å². The number of aryl methyl sites for hydroxylation is 1. The highest BCUT2D eigenvalue weighted by molar-refractivity contribution is 6.04. The standard InChI is InChI=1S/C21H19NO2/c1-16-7-9-18(10-8-16)21(23)22-19-11-13-20(14-12-19)24-15-17-5-3-2-4-6-17/h2-14H,15H2,1H3,(H,22,23). The van der Waals surface area contributed by atoms with Crippen LogP contribution in [0.15, 0.2) is 78.9 Å². The van der Waals surface area contributed by atoms with Gasteiger partial charge in [-0.05, 0) is 48.9 Å². The second kappa shape index (κ2) is 7.47. The fourth-order valence-electron chi connectivity index (χ4n) is 2.28. The largest absolute Gasteiger partial charge is 0.489 e. The molecule has 0 saturated heterocycles. The number of hydrogen-bond donors (Lipinski definition) is 1. The Balaban J connectivity index is 1.58. The van der Waals surface area contributed by atoms with E-state index in [1.807, 2.05) is 85.8 Å². The first-order valence-corrected chi connectivity index (χ1v) is 7.85. The zero-order chi connectivity index (χ0) is 16.8. The van der Waals surface area contributed by atoms with Gasteiger partial charge in [-0.1, -0.05) is 48.0 Å². The Bertz CT molecular complexity index is 794. The van der Waals surface area contributed by atoms with Crippen LogP contribution in [-0.2, 0) is 6.61 Å². The maximum Gasteiger partial charge on any atom is 0.255 e. The van der Waals surface area contributed by atoms with Crippen LogP contribution in [0.4, 0.5) is 5.69 Å². The fourth-order valence-corrected chi connectivity index (χ4v) is 2.28. The number of benzene rings is 3. The molecular formula is C21H19NO2. The van der Waals surface area contributed by atoms with Crippen LogP contribution >= 0.6 is 0 Å². The van der Waals surface area contributed by atoms with Gasteiger partial charge in [-0.15, -0.1) is 0 Å². The summed E-state index contributed by atoms with van der Waals surface area (Å²) < 4.78 is 5.74. The predicted octanol–water partition coefficient (Wildman–Crippen LogP) is 4.83. The Hall–Kier alpha value is -3.07. The fraction of sp³-hybridized carbons (Fsp3) is 0.0952. The molecule has 3 nitrogen and oxygen atoms in total. The molecule has 3 heteroatoms. The molecule has 0 spiro atoms. The van der Waals surface area contributed by atoms with Crippen LogP contribution in [0.1, 0.15) is 21.5 Å². The van der Waals surface area contributed by atoms with Gasteiger partial charge >= 0.3 is 0 Å². The van der Waals surface area contributed by atoms with Crippen LogP contribution < -0.4 is 10.1 Å². The summed E-state index contributed by atoms with van der Waals surface area (Å²) in [6, 6.07) is 24.9. The lowest BCUT2D eigenvalue weighted by Gasteiger charge is -2.09. The molecule has 0 radical (unpaired) electrons. The molecule has 0 aliphatic heterocycles. The van der Waals surface area contributed by atoms with E-state index in [1.54, 1.807) is 0 Å². The van der Waals surface area contributed by atoms with Crippen molar-refractivity contribution in [3.05, 3.63) is 95.6 Å². The molecule has 0 fully saturated rings. The Kier molecular flexibility index (Phi) is 4.92. The maximum atomic E-state index is 12.2. The summed E-state index contributed by atoms with van der Waals surface area (Å²) >= 11 is 0. The van der Waals surface area contributed by atoms with E-state index < -0.39 is 0 Å². The SMILES string of the molecule is Cc1ccc(C(=O)Nc2ccc(OCc3ccccc3)cc2)cc1. The summed E-state index contributed by atoms with van der Waals surface area (Å²) in [5, 5.41) is 2.88. The molecule has 0 heterocycles. The molecule has 0 saturated carbocycles. The molecule has 0 aliphatic rings. The Morgan fingerprint density at radius 2 is 1.54 bits per heavy atom. The monoisotopic (exact) mass is 317 g/mol. The number of anilines is 1.